The molecule has 0 atom stereocenters. The van der Waals surface area contributed by atoms with Crippen LogP contribution in [0.15, 0.2) is 77.1 Å². The molecular formula is C18H17N5O. The molecule has 24 heavy (non-hydrogen) atoms. The summed E-state index contributed by atoms with van der Waals surface area (Å²) in [6.07, 6.45) is 2.99. The molecule has 1 aliphatic rings. The van der Waals surface area contributed by atoms with E-state index in [1.54, 1.807) is 54.6 Å². The average molecular weight is 319 g/mol. The van der Waals surface area contributed by atoms with Gasteiger partial charge in [-0.05, 0) is 54.6 Å². The number of carbonyl (C=O) groups is 1. The second-order valence-corrected chi connectivity index (χ2v) is 5.36. The number of aliphatic imine (C=N–C) groups is 1. The van der Waals surface area contributed by atoms with Crippen molar-refractivity contribution in [1.82, 2.24) is 0 Å². The molecule has 120 valence electrons. The van der Waals surface area contributed by atoms with Gasteiger partial charge in [-0.2, -0.15) is 0 Å². The van der Waals surface area contributed by atoms with Gasteiger partial charge in [-0.15, -0.1) is 0 Å². The summed E-state index contributed by atoms with van der Waals surface area (Å²) in [4.78, 5) is 16.6. The van der Waals surface area contributed by atoms with Gasteiger partial charge in [0.25, 0.3) is 0 Å². The highest BCUT2D eigenvalue weighted by Crippen LogP contribution is 2.20. The van der Waals surface area contributed by atoms with E-state index in [1.807, 2.05) is 0 Å². The van der Waals surface area contributed by atoms with Gasteiger partial charge in [-0.3, -0.25) is 4.79 Å². The number of hydrogen-bond acceptors (Lipinski definition) is 6. The quantitative estimate of drug-likeness (QED) is 0.511. The van der Waals surface area contributed by atoms with Crippen LogP contribution in [-0.2, 0) is 4.79 Å². The number of carbonyl (C=O) groups excluding carboxylic acids is 1. The predicted molar refractivity (Wildman–Crippen MR) is 97.8 cm³/mol. The molecular weight excluding hydrogens is 302 g/mol. The highest BCUT2D eigenvalue weighted by Gasteiger charge is 2.17. The molecule has 1 aliphatic carbocycles. The van der Waals surface area contributed by atoms with E-state index >= 15 is 0 Å². The first-order valence-electron chi connectivity index (χ1n) is 7.31. The predicted octanol–water partition coefficient (Wildman–Crippen LogP) is 2.34. The Balaban J connectivity index is 1.90. The fourth-order valence-corrected chi connectivity index (χ4v) is 2.19. The second kappa shape index (κ2) is 6.29. The Labute approximate surface area is 139 Å². The molecule has 0 bridgehead atoms. The van der Waals surface area contributed by atoms with Crippen LogP contribution in [0.5, 0.6) is 0 Å². The lowest BCUT2D eigenvalue weighted by atomic mass is 10.1. The van der Waals surface area contributed by atoms with Gasteiger partial charge < -0.3 is 22.5 Å². The van der Waals surface area contributed by atoms with Crippen molar-refractivity contribution in [1.29, 1.82) is 0 Å². The van der Waals surface area contributed by atoms with Crippen LogP contribution < -0.4 is 22.5 Å². The molecule has 0 saturated heterocycles. The maximum Gasteiger partial charge on any atom is 0.204 e. The smallest absolute Gasteiger partial charge is 0.204 e. The van der Waals surface area contributed by atoms with Gasteiger partial charge in [0.15, 0.2) is 0 Å². The van der Waals surface area contributed by atoms with Crippen molar-refractivity contribution in [3.63, 3.8) is 0 Å². The van der Waals surface area contributed by atoms with Gasteiger partial charge in [0.2, 0.25) is 5.78 Å². The Morgan fingerprint density at radius 3 is 2.00 bits per heavy atom. The number of nitrogen functional groups attached to an aromatic ring is 2. The van der Waals surface area contributed by atoms with E-state index in [1.165, 1.54) is 6.08 Å². The Morgan fingerprint density at radius 2 is 1.38 bits per heavy atom. The van der Waals surface area contributed by atoms with Crippen LogP contribution in [0.1, 0.15) is 0 Å². The molecule has 0 aliphatic heterocycles. The van der Waals surface area contributed by atoms with Crippen LogP contribution in [0, 0.1) is 0 Å². The normalized spacial score (nSPS) is 15.8. The number of nitrogens with two attached hydrogens (primary N) is 3. The SMILES string of the molecule is NC1=CC(=O)C(Nc2ccc(N)cc2)=C/C1=N\c1ccc(N)cc1. The largest absolute Gasteiger partial charge is 0.399 e. The maximum absolute atomic E-state index is 12.1. The summed E-state index contributed by atoms with van der Waals surface area (Å²) >= 11 is 0. The summed E-state index contributed by atoms with van der Waals surface area (Å²) in [5, 5.41) is 3.06. The van der Waals surface area contributed by atoms with Crippen molar-refractivity contribution in [3.05, 3.63) is 72.1 Å². The van der Waals surface area contributed by atoms with Crippen molar-refractivity contribution in [2.75, 3.05) is 16.8 Å². The topological polar surface area (TPSA) is 120 Å². The first kappa shape index (κ1) is 15.4. The van der Waals surface area contributed by atoms with Crippen LogP contribution in [0.4, 0.5) is 22.7 Å². The van der Waals surface area contributed by atoms with E-state index in [9.17, 15) is 4.79 Å². The number of benzene rings is 2. The van der Waals surface area contributed by atoms with Gasteiger partial charge in [-0.1, -0.05) is 0 Å². The lowest BCUT2D eigenvalue weighted by Crippen LogP contribution is -2.22. The van der Waals surface area contributed by atoms with E-state index in [-0.39, 0.29) is 5.78 Å². The van der Waals surface area contributed by atoms with E-state index in [4.69, 9.17) is 17.2 Å². The zero-order valence-corrected chi connectivity index (χ0v) is 12.9. The number of ketones is 1. The molecule has 2 aromatic carbocycles. The summed E-state index contributed by atoms with van der Waals surface area (Å²) in [6, 6.07) is 14.2. The average Bonchev–Trinajstić information content (AvgIpc) is 2.56. The molecule has 0 spiro atoms. The molecule has 0 heterocycles. The monoisotopic (exact) mass is 319 g/mol. The number of anilines is 3. The Hall–Kier alpha value is -3.54. The highest BCUT2D eigenvalue weighted by molar-refractivity contribution is 6.23. The van der Waals surface area contributed by atoms with Crippen LogP contribution >= 0.6 is 0 Å². The van der Waals surface area contributed by atoms with E-state index < -0.39 is 0 Å². The molecule has 6 nitrogen and oxygen atoms in total. The van der Waals surface area contributed by atoms with E-state index in [2.05, 4.69) is 10.3 Å². The third-order valence-corrected chi connectivity index (χ3v) is 3.46. The first-order chi connectivity index (χ1) is 11.5. The van der Waals surface area contributed by atoms with Crippen molar-refractivity contribution in [3.8, 4) is 0 Å². The molecule has 0 fully saturated rings. The minimum Gasteiger partial charge on any atom is -0.399 e. The van der Waals surface area contributed by atoms with Gasteiger partial charge in [0.1, 0.15) is 0 Å². The van der Waals surface area contributed by atoms with Gasteiger partial charge in [0.05, 0.1) is 22.8 Å². The van der Waals surface area contributed by atoms with Gasteiger partial charge in [0, 0.05) is 23.1 Å². The minimum absolute atomic E-state index is 0.208. The third-order valence-electron chi connectivity index (χ3n) is 3.46. The molecule has 0 saturated carbocycles. The molecule has 0 aromatic heterocycles. The number of hydrogen-bond donors (Lipinski definition) is 4. The lowest BCUT2D eigenvalue weighted by Gasteiger charge is -2.14. The standard InChI is InChI=1S/C18H17N5O/c19-11-1-5-13(6-2-11)22-16-10-17(18(24)9-15(16)21)23-14-7-3-12(20)4-8-14/h1-10,23H,19-21H2/b22-16+. The minimum atomic E-state index is -0.208. The fraction of sp³-hybridized carbons (Fsp3) is 0. The van der Waals surface area contributed by atoms with Gasteiger partial charge >= 0.3 is 0 Å². The number of allylic oxidation sites excluding steroid dienone is 2. The van der Waals surface area contributed by atoms with E-state index in [0.29, 0.717) is 34.2 Å². The van der Waals surface area contributed by atoms with Crippen molar-refractivity contribution < 1.29 is 4.79 Å². The van der Waals surface area contributed by atoms with Crippen LogP contribution in [0.2, 0.25) is 0 Å². The molecule has 6 heteroatoms. The lowest BCUT2D eigenvalue weighted by molar-refractivity contribution is -0.111. The van der Waals surface area contributed by atoms with Crippen molar-refractivity contribution in [2.45, 2.75) is 0 Å². The van der Waals surface area contributed by atoms with Crippen LogP contribution in [0.25, 0.3) is 0 Å². The highest BCUT2D eigenvalue weighted by atomic mass is 16.1. The number of nitrogens with one attached hydrogen (secondary N) is 1. The molecule has 2 aromatic rings. The van der Waals surface area contributed by atoms with Crippen LogP contribution in [-0.4, -0.2) is 11.5 Å². The summed E-state index contributed by atoms with van der Waals surface area (Å²) in [5.74, 6) is -0.208. The summed E-state index contributed by atoms with van der Waals surface area (Å²) in [5.41, 5.74) is 21.2. The van der Waals surface area contributed by atoms with Crippen molar-refractivity contribution in [2.24, 2.45) is 10.7 Å². The molecule has 0 unspecified atom stereocenters. The van der Waals surface area contributed by atoms with Gasteiger partial charge in [-0.25, -0.2) is 4.99 Å². The molecule has 7 N–H and O–H groups in total. The first-order valence-corrected chi connectivity index (χ1v) is 7.31. The maximum atomic E-state index is 12.1. The Morgan fingerprint density at radius 1 is 0.792 bits per heavy atom. The zero-order chi connectivity index (χ0) is 17.1. The summed E-state index contributed by atoms with van der Waals surface area (Å²) < 4.78 is 0. The summed E-state index contributed by atoms with van der Waals surface area (Å²) in [6.45, 7) is 0. The van der Waals surface area contributed by atoms with Crippen LogP contribution in [0.3, 0.4) is 0 Å². The third kappa shape index (κ3) is 3.44. The fourth-order valence-electron chi connectivity index (χ4n) is 2.19. The molecule has 0 radical (unpaired) electrons. The number of nitrogens with zero attached hydrogens (tertiary/aromatic N) is 1. The Kier molecular flexibility index (Phi) is 4.03. The second-order valence-electron chi connectivity index (χ2n) is 5.36. The van der Waals surface area contributed by atoms with Crippen molar-refractivity contribution >= 4 is 34.2 Å². The number of rotatable bonds is 3. The molecule has 0 amide bonds. The Bertz CT molecular complexity index is 861. The molecule has 3 rings (SSSR count). The summed E-state index contributed by atoms with van der Waals surface area (Å²) in [7, 11) is 0. The van der Waals surface area contributed by atoms with E-state index in [0.717, 1.165) is 5.69 Å². The zero-order valence-electron chi connectivity index (χ0n) is 12.9.